The Balaban J connectivity index is 1.24. The van der Waals surface area contributed by atoms with Crippen LogP contribution in [0.15, 0.2) is 36.4 Å². The fourth-order valence-corrected chi connectivity index (χ4v) is 3.74. The third-order valence-corrected chi connectivity index (χ3v) is 5.44. The standard InChI is InChI=1S/C22H25F4N3O3/c23-18-12-15(6-7-19(18)29-10-8-27-9-11-29)30-13-16-4-5-17(14-31-16)32-21-3-1-2-20(28-21)22(24,25)26/h1-3,6-7,12,16-17,27H,4-5,8-11,13-14H2/t16-,17+/m0/s1. The lowest BCUT2D eigenvalue weighted by Crippen LogP contribution is -2.43. The quantitative estimate of drug-likeness (QED) is 0.672. The molecule has 10 heteroatoms. The highest BCUT2D eigenvalue weighted by Crippen LogP contribution is 2.29. The van der Waals surface area contributed by atoms with Gasteiger partial charge in [-0.3, -0.25) is 0 Å². The Labute approximate surface area is 183 Å². The number of ether oxygens (including phenoxy) is 3. The van der Waals surface area contributed by atoms with Crippen molar-refractivity contribution in [1.82, 2.24) is 10.3 Å². The highest BCUT2D eigenvalue weighted by molar-refractivity contribution is 5.51. The number of nitrogens with one attached hydrogen (secondary N) is 1. The van der Waals surface area contributed by atoms with E-state index in [0.29, 0.717) is 24.3 Å². The SMILES string of the molecule is Fc1cc(OC[C@@H]2CC[C@@H](Oc3cccc(C(F)(F)F)n3)CO2)ccc1N1CCNCC1. The fourth-order valence-electron chi connectivity index (χ4n) is 3.74. The summed E-state index contributed by atoms with van der Waals surface area (Å²) in [5.41, 5.74) is -0.427. The molecule has 6 nitrogen and oxygen atoms in total. The first-order valence-electron chi connectivity index (χ1n) is 10.6. The third-order valence-electron chi connectivity index (χ3n) is 5.44. The van der Waals surface area contributed by atoms with Gasteiger partial charge in [0.1, 0.15) is 30.0 Å². The van der Waals surface area contributed by atoms with E-state index in [0.717, 1.165) is 32.2 Å². The molecule has 0 unspecified atom stereocenters. The van der Waals surface area contributed by atoms with Crippen molar-refractivity contribution in [2.24, 2.45) is 0 Å². The third kappa shape index (κ3) is 5.80. The molecular formula is C22H25F4N3O3. The van der Waals surface area contributed by atoms with Gasteiger partial charge in [-0.1, -0.05) is 6.07 Å². The lowest BCUT2D eigenvalue weighted by atomic mass is 10.1. The van der Waals surface area contributed by atoms with Crippen LogP contribution in [-0.2, 0) is 10.9 Å². The zero-order valence-electron chi connectivity index (χ0n) is 17.4. The van der Waals surface area contributed by atoms with Crippen LogP contribution in [0.5, 0.6) is 11.6 Å². The molecule has 174 valence electrons. The van der Waals surface area contributed by atoms with Gasteiger partial charge in [-0.05, 0) is 31.0 Å². The van der Waals surface area contributed by atoms with Crippen molar-refractivity contribution >= 4 is 5.69 Å². The van der Waals surface area contributed by atoms with Gasteiger partial charge in [0.25, 0.3) is 0 Å². The van der Waals surface area contributed by atoms with Gasteiger partial charge < -0.3 is 24.4 Å². The minimum absolute atomic E-state index is 0.0804. The molecule has 1 aromatic heterocycles. The summed E-state index contributed by atoms with van der Waals surface area (Å²) in [4.78, 5) is 5.51. The molecular weight excluding hydrogens is 430 g/mol. The minimum Gasteiger partial charge on any atom is -0.491 e. The smallest absolute Gasteiger partial charge is 0.433 e. The minimum atomic E-state index is -4.52. The van der Waals surface area contributed by atoms with E-state index < -0.39 is 18.0 Å². The second-order valence-corrected chi connectivity index (χ2v) is 7.79. The number of alkyl halides is 3. The van der Waals surface area contributed by atoms with Gasteiger partial charge in [0.05, 0.1) is 18.4 Å². The molecule has 2 fully saturated rings. The summed E-state index contributed by atoms with van der Waals surface area (Å²) < 4.78 is 69.8. The summed E-state index contributed by atoms with van der Waals surface area (Å²) in [7, 11) is 0. The van der Waals surface area contributed by atoms with Gasteiger partial charge in [-0.2, -0.15) is 13.2 Å². The molecule has 4 rings (SSSR count). The Morgan fingerprint density at radius 1 is 1.12 bits per heavy atom. The molecule has 1 aromatic carbocycles. The number of piperazine rings is 1. The summed E-state index contributed by atoms with van der Waals surface area (Å²) in [6, 6.07) is 8.40. The molecule has 2 aromatic rings. The average Bonchev–Trinajstić information content (AvgIpc) is 2.79. The second kappa shape index (κ2) is 9.91. The highest BCUT2D eigenvalue weighted by Gasteiger charge is 2.33. The molecule has 0 saturated carbocycles. The first kappa shape index (κ1) is 22.6. The first-order chi connectivity index (χ1) is 15.4. The Bertz CT molecular complexity index is 898. The van der Waals surface area contributed by atoms with E-state index in [1.54, 1.807) is 12.1 Å². The maximum absolute atomic E-state index is 14.5. The number of hydrogen-bond donors (Lipinski definition) is 1. The van der Waals surface area contributed by atoms with Gasteiger partial charge in [0.2, 0.25) is 5.88 Å². The van der Waals surface area contributed by atoms with Crippen LogP contribution in [0.2, 0.25) is 0 Å². The Hall–Kier alpha value is -2.59. The number of halogens is 4. The van der Waals surface area contributed by atoms with Gasteiger partial charge in [-0.15, -0.1) is 0 Å². The molecule has 32 heavy (non-hydrogen) atoms. The summed E-state index contributed by atoms with van der Waals surface area (Å²) in [5, 5.41) is 3.24. The van der Waals surface area contributed by atoms with Crippen LogP contribution in [0.4, 0.5) is 23.2 Å². The van der Waals surface area contributed by atoms with Gasteiger partial charge in [0, 0.05) is 38.3 Å². The molecule has 0 bridgehead atoms. The van der Waals surface area contributed by atoms with E-state index in [4.69, 9.17) is 14.2 Å². The maximum atomic E-state index is 14.5. The monoisotopic (exact) mass is 455 g/mol. The first-order valence-corrected chi connectivity index (χ1v) is 10.6. The topological polar surface area (TPSA) is 55.9 Å². The molecule has 2 atom stereocenters. The molecule has 1 N–H and O–H groups in total. The lowest BCUT2D eigenvalue weighted by Gasteiger charge is -2.30. The normalized spacial score (nSPS) is 21.9. The van der Waals surface area contributed by atoms with E-state index >= 15 is 0 Å². The molecule has 0 radical (unpaired) electrons. The van der Waals surface area contributed by atoms with E-state index in [9.17, 15) is 17.6 Å². The molecule has 2 aliphatic rings. The molecule has 3 heterocycles. The van der Waals surface area contributed by atoms with Crippen molar-refractivity contribution in [3.63, 3.8) is 0 Å². The molecule has 0 aliphatic carbocycles. The molecule has 0 amide bonds. The zero-order valence-corrected chi connectivity index (χ0v) is 17.4. The number of pyridine rings is 1. The number of aromatic nitrogens is 1. The molecule has 0 spiro atoms. The van der Waals surface area contributed by atoms with Crippen LogP contribution in [0, 0.1) is 5.82 Å². The summed E-state index contributed by atoms with van der Waals surface area (Å²) in [6.07, 6.45) is -3.93. The fraction of sp³-hybridized carbons (Fsp3) is 0.500. The largest absolute Gasteiger partial charge is 0.491 e. The van der Waals surface area contributed by atoms with Gasteiger partial charge >= 0.3 is 6.18 Å². The molecule has 2 saturated heterocycles. The predicted molar refractivity (Wildman–Crippen MR) is 110 cm³/mol. The van der Waals surface area contributed by atoms with Crippen LogP contribution in [-0.4, -0.2) is 56.6 Å². The van der Waals surface area contributed by atoms with Crippen LogP contribution < -0.4 is 19.7 Å². The van der Waals surface area contributed by atoms with Crippen molar-refractivity contribution in [2.45, 2.75) is 31.2 Å². The van der Waals surface area contributed by atoms with Crippen molar-refractivity contribution in [1.29, 1.82) is 0 Å². The summed E-state index contributed by atoms with van der Waals surface area (Å²) in [5.74, 6) is 0.0238. The van der Waals surface area contributed by atoms with E-state index in [-0.39, 0.29) is 31.0 Å². The van der Waals surface area contributed by atoms with Crippen LogP contribution in [0.1, 0.15) is 18.5 Å². The summed E-state index contributed by atoms with van der Waals surface area (Å²) in [6.45, 7) is 3.62. The summed E-state index contributed by atoms with van der Waals surface area (Å²) >= 11 is 0. The second-order valence-electron chi connectivity index (χ2n) is 7.79. The maximum Gasteiger partial charge on any atom is 0.433 e. The van der Waals surface area contributed by atoms with Gasteiger partial charge in [0.15, 0.2) is 0 Å². The van der Waals surface area contributed by atoms with E-state index in [2.05, 4.69) is 10.3 Å². The van der Waals surface area contributed by atoms with Crippen LogP contribution in [0.25, 0.3) is 0 Å². The average molecular weight is 455 g/mol. The number of hydrogen-bond acceptors (Lipinski definition) is 6. The number of anilines is 1. The van der Waals surface area contributed by atoms with E-state index in [1.165, 1.54) is 18.2 Å². The van der Waals surface area contributed by atoms with Gasteiger partial charge in [-0.25, -0.2) is 9.37 Å². The zero-order chi connectivity index (χ0) is 22.6. The Kier molecular flexibility index (Phi) is 7.00. The number of rotatable bonds is 6. The number of nitrogens with zero attached hydrogens (tertiary/aromatic N) is 2. The predicted octanol–water partition coefficient (Wildman–Crippen LogP) is 3.65. The molecule has 2 aliphatic heterocycles. The van der Waals surface area contributed by atoms with Crippen molar-refractivity contribution in [3.8, 4) is 11.6 Å². The Morgan fingerprint density at radius 2 is 1.94 bits per heavy atom. The van der Waals surface area contributed by atoms with E-state index in [1.807, 2.05) is 4.90 Å². The highest BCUT2D eigenvalue weighted by atomic mass is 19.4. The number of benzene rings is 1. The van der Waals surface area contributed by atoms with Crippen molar-refractivity contribution in [3.05, 3.63) is 47.9 Å². The lowest BCUT2D eigenvalue weighted by molar-refractivity contribution is -0.141. The van der Waals surface area contributed by atoms with Crippen molar-refractivity contribution in [2.75, 3.05) is 44.3 Å². The van der Waals surface area contributed by atoms with Crippen molar-refractivity contribution < 1.29 is 31.8 Å². The van der Waals surface area contributed by atoms with Crippen LogP contribution in [0.3, 0.4) is 0 Å². The van der Waals surface area contributed by atoms with Crippen LogP contribution >= 0.6 is 0 Å². The Morgan fingerprint density at radius 3 is 2.62 bits per heavy atom.